The van der Waals surface area contributed by atoms with Gasteiger partial charge in [-0.15, -0.1) is 0 Å². The van der Waals surface area contributed by atoms with Crippen molar-refractivity contribution in [3.05, 3.63) is 63.1 Å². The topological polar surface area (TPSA) is 86.8 Å². The van der Waals surface area contributed by atoms with E-state index < -0.39 is 28.5 Å². The molecule has 2 aromatic carbocycles. The molecule has 3 rings (SSSR count). The Kier molecular flexibility index (Phi) is 9.92. The SMILES string of the molecule is C[C@@H](C(=O)NC1CCCCC1)N(Cc1ccccc1Cl)C(=O)CN(c1ccc(Cl)c(Cl)c1)S(C)(=O)=O. The lowest BCUT2D eigenvalue weighted by Gasteiger charge is -2.33. The van der Waals surface area contributed by atoms with Crippen molar-refractivity contribution in [1.29, 1.82) is 0 Å². The molecule has 1 saturated carbocycles. The van der Waals surface area contributed by atoms with Crippen molar-refractivity contribution < 1.29 is 18.0 Å². The Morgan fingerprint density at radius 1 is 1.00 bits per heavy atom. The van der Waals surface area contributed by atoms with Crippen molar-refractivity contribution in [2.45, 2.75) is 57.7 Å². The van der Waals surface area contributed by atoms with Gasteiger partial charge in [-0.1, -0.05) is 72.3 Å². The van der Waals surface area contributed by atoms with E-state index >= 15 is 0 Å². The molecule has 0 bridgehead atoms. The van der Waals surface area contributed by atoms with E-state index in [9.17, 15) is 18.0 Å². The molecule has 2 aromatic rings. The van der Waals surface area contributed by atoms with Gasteiger partial charge in [-0.05, 0) is 49.6 Å². The van der Waals surface area contributed by atoms with Crippen molar-refractivity contribution in [2.75, 3.05) is 17.1 Å². The van der Waals surface area contributed by atoms with Gasteiger partial charge in [-0.2, -0.15) is 0 Å². The molecule has 1 atom stereocenters. The molecule has 196 valence electrons. The second-order valence-electron chi connectivity index (χ2n) is 9.00. The smallest absolute Gasteiger partial charge is 0.244 e. The van der Waals surface area contributed by atoms with E-state index in [2.05, 4.69) is 5.32 Å². The summed E-state index contributed by atoms with van der Waals surface area (Å²) >= 11 is 18.4. The molecule has 0 unspecified atom stereocenters. The Labute approximate surface area is 227 Å². The van der Waals surface area contributed by atoms with Crippen LogP contribution in [0.15, 0.2) is 42.5 Å². The third-order valence-corrected chi connectivity index (χ3v) is 8.54. The molecule has 11 heteroatoms. The Hall–Kier alpha value is -2.00. The number of amides is 2. The second kappa shape index (κ2) is 12.5. The van der Waals surface area contributed by atoms with Crippen LogP contribution in [0, 0.1) is 0 Å². The fraction of sp³-hybridized carbons (Fsp3) is 0.440. The summed E-state index contributed by atoms with van der Waals surface area (Å²) < 4.78 is 26.2. The molecule has 2 amide bonds. The van der Waals surface area contributed by atoms with Gasteiger partial charge in [0.05, 0.1) is 22.0 Å². The first-order valence-electron chi connectivity index (χ1n) is 11.7. The standard InChI is InChI=1S/C25H30Cl3N3O4S/c1-17(25(33)29-19-9-4-3-5-10-19)30(15-18-8-6-7-11-21(18)26)24(32)16-31(36(2,34)35)20-12-13-22(27)23(28)14-20/h6-8,11-14,17,19H,3-5,9-10,15-16H2,1-2H3,(H,29,33)/t17-/m0/s1. The third kappa shape index (κ3) is 7.51. The van der Waals surface area contributed by atoms with Gasteiger partial charge in [0.25, 0.3) is 0 Å². The minimum atomic E-state index is -3.87. The molecule has 1 aliphatic carbocycles. The first kappa shape index (κ1) is 28.6. The largest absolute Gasteiger partial charge is 0.352 e. The maximum absolute atomic E-state index is 13.6. The van der Waals surface area contributed by atoms with E-state index in [-0.39, 0.29) is 34.2 Å². The summed E-state index contributed by atoms with van der Waals surface area (Å²) in [5.41, 5.74) is 0.836. The van der Waals surface area contributed by atoms with E-state index in [0.29, 0.717) is 10.6 Å². The molecule has 7 nitrogen and oxygen atoms in total. The maximum atomic E-state index is 13.6. The minimum absolute atomic E-state index is 0.0384. The van der Waals surface area contributed by atoms with Crippen LogP contribution in [0.3, 0.4) is 0 Å². The molecule has 1 fully saturated rings. The zero-order chi connectivity index (χ0) is 26.5. The number of carbonyl (C=O) groups is 2. The van der Waals surface area contributed by atoms with Crippen LogP contribution in [0.2, 0.25) is 15.1 Å². The summed E-state index contributed by atoms with van der Waals surface area (Å²) in [5, 5.41) is 3.91. The van der Waals surface area contributed by atoms with E-state index in [4.69, 9.17) is 34.8 Å². The van der Waals surface area contributed by atoms with Crippen LogP contribution >= 0.6 is 34.8 Å². The number of anilines is 1. The minimum Gasteiger partial charge on any atom is -0.352 e. The fourth-order valence-electron chi connectivity index (χ4n) is 4.22. The average Bonchev–Trinajstić information content (AvgIpc) is 2.83. The molecule has 1 N–H and O–H groups in total. The molecule has 36 heavy (non-hydrogen) atoms. The molecule has 0 spiro atoms. The number of nitrogens with one attached hydrogen (secondary N) is 1. The van der Waals surface area contributed by atoms with Crippen LogP contribution in [0.1, 0.15) is 44.6 Å². The van der Waals surface area contributed by atoms with Crippen molar-refractivity contribution in [1.82, 2.24) is 10.2 Å². The Balaban J connectivity index is 1.89. The van der Waals surface area contributed by atoms with Crippen molar-refractivity contribution in [2.24, 2.45) is 0 Å². The first-order valence-corrected chi connectivity index (χ1v) is 14.7. The molecular weight excluding hydrogens is 545 g/mol. The molecule has 0 aromatic heterocycles. The number of hydrogen-bond acceptors (Lipinski definition) is 4. The van der Waals surface area contributed by atoms with E-state index in [1.165, 1.54) is 23.1 Å². The highest BCUT2D eigenvalue weighted by Crippen LogP contribution is 2.29. The van der Waals surface area contributed by atoms with Crippen molar-refractivity contribution in [3.8, 4) is 0 Å². The molecular formula is C25H30Cl3N3O4S. The normalized spacial score (nSPS) is 15.2. The van der Waals surface area contributed by atoms with Gasteiger partial charge in [-0.3, -0.25) is 13.9 Å². The molecule has 0 heterocycles. The lowest BCUT2D eigenvalue weighted by atomic mass is 9.95. The summed E-state index contributed by atoms with van der Waals surface area (Å²) in [4.78, 5) is 28.1. The number of hydrogen-bond donors (Lipinski definition) is 1. The number of rotatable bonds is 9. The number of nitrogens with zero attached hydrogens (tertiary/aromatic N) is 2. The Morgan fingerprint density at radius 2 is 1.67 bits per heavy atom. The van der Waals surface area contributed by atoms with Crippen LogP contribution in [0.4, 0.5) is 5.69 Å². The van der Waals surface area contributed by atoms with Gasteiger partial charge in [0.15, 0.2) is 0 Å². The summed E-state index contributed by atoms with van der Waals surface area (Å²) in [6.07, 6.45) is 6.05. The van der Waals surface area contributed by atoms with Gasteiger partial charge in [0.1, 0.15) is 12.6 Å². The van der Waals surface area contributed by atoms with Gasteiger partial charge in [0.2, 0.25) is 21.8 Å². The van der Waals surface area contributed by atoms with Gasteiger partial charge >= 0.3 is 0 Å². The first-order chi connectivity index (χ1) is 17.0. The van der Waals surface area contributed by atoms with Crippen LogP contribution in [0.25, 0.3) is 0 Å². The highest BCUT2D eigenvalue weighted by molar-refractivity contribution is 7.92. The Bertz CT molecular complexity index is 1200. The van der Waals surface area contributed by atoms with Gasteiger partial charge in [0, 0.05) is 17.6 Å². The van der Waals surface area contributed by atoms with Gasteiger partial charge < -0.3 is 10.2 Å². The van der Waals surface area contributed by atoms with Crippen LogP contribution < -0.4 is 9.62 Å². The van der Waals surface area contributed by atoms with Crippen LogP contribution in [-0.2, 0) is 26.2 Å². The summed E-state index contributed by atoms with van der Waals surface area (Å²) in [6, 6.07) is 10.6. The average molecular weight is 575 g/mol. The molecule has 1 aliphatic rings. The lowest BCUT2D eigenvalue weighted by molar-refractivity contribution is -0.139. The molecule has 0 aliphatic heterocycles. The monoisotopic (exact) mass is 573 g/mol. The van der Waals surface area contributed by atoms with Gasteiger partial charge in [-0.25, -0.2) is 8.42 Å². The zero-order valence-corrected chi connectivity index (χ0v) is 23.3. The number of halogens is 3. The lowest BCUT2D eigenvalue weighted by Crippen LogP contribution is -2.53. The summed E-state index contributed by atoms with van der Waals surface area (Å²) in [7, 11) is -3.87. The summed E-state index contributed by atoms with van der Waals surface area (Å²) in [5.74, 6) is -0.847. The summed E-state index contributed by atoms with van der Waals surface area (Å²) in [6.45, 7) is 1.15. The van der Waals surface area contributed by atoms with E-state index in [0.717, 1.165) is 42.7 Å². The highest BCUT2D eigenvalue weighted by Gasteiger charge is 2.31. The van der Waals surface area contributed by atoms with Crippen molar-refractivity contribution >= 4 is 62.3 Å². The van der Waals surface area contributed by atoms with Crippen LogP contribution in [0.5, 0.6) is 0 Å². The Morgan fingerprint density at radius 3 is 2.28 bits per heavy atom. The molecule has 0 radical (unpaired) electrons. The predicted octanol–water partition coefficient (Wildman–Crippen LogP) is 5.28. The van der Waals surface area contributed by atoms with Crippen LogP contribution in [-0.4, -0.2) is 50.0 Å². The predicted molar refractivity (Wildman–Crippen MR) is 145 cm³/mol. The third-order valence-electron chi connectivity index (χ3n) is 6.29. The number of carbonyl (C=O) groups excluding carboxylic acids is 2. The zero-order valence-electron chi connectivity index (χ0n) is 20.2. The maximum Gasteiger partial charge on any atom is 0.244 e. The van der Waals surface area contributed by atoms with E-state index in [1.807, 2.05) is 0 Å². The second-order valence-corrected chi connectivity index (χ2v) is 12.1. The van der Waals surface area contributed by atoms with E-state index in [1.54, 1.807) is 31.2 Å². The molecule has 0 saturated heterocycles. The quantitative estimate of drug-likeness (QED) is 0.442. The number of benzene rings is 2. The van der Waals surface area contributed by atoms with Crippen molar-refractivity contribution in [3.63, 3.8) is 0 Å². The number of sulfonamides is 1. The highest BCUT2D eigenvalue weighted by atomic mass is 35.5. The fourth-order valence-corrected chi connectivity index (χ4v) is 5.54.